The minimum Gasteiger partial charge on any atom is -0.388 e. The maximum absolute atomic E-state index is 12.9. The van der Waals surface area contributed by atoms with Crippen molar-refractivity contribution in [1.29, 1.82) is 0 Å². The van der Waals surface area contributed by atoms with Crippen LogP contribution in [0.2, 0.25) is 0 Å². The van der Waals surface area contributed by atoms with Crippen LogP contribution in [0.1, 0.15) is 51.5 Å². The van der Waals surface area contributed by atoms with E-state index >= 15 is 0 Å². The molecule has 2 amide bonds. The van der Waals surface area contributed by atoms with Gasteiger partial charge in [-0.1, -0.05) is 31.2 Å². The second-order valence-electron chi connectivity index (χ2n) is 12.7. The average Bonchev–Trinajstić information content (AvgIpc) is 3.78. The minimum atomic E-state index is -0.972. The Labute approximate surface area is 298 Å². The summed E-state index contributed by atoms with van der Waals surface area (Å²) in [6, 6.07) is 7.90. The molecule has 6 rings (SSSR count). The topological polar surface area (TPSA) is 231 Å². The van der Waals surface area contributed by atoms with Crippen molar-refractivity contribution in [3.05, 3.63) is 62.6 Å². The van der Waals surface area contributed by atoms with Crippen LogP contribution in [-0.4, -0.2) is 80.4 Å². The smallest absolute Gasteiger partial charge is 0.332 e. The van der Waals surface area contributed by atoms with Gasteiger partial charge in [0.1, 0.15) is 17.7 Å². The summed E-state index contributed by atoms with van der Waals surface area (Å²) in [5.41, 5.74) is 8.58. The molecule has 1 saturated heterocycles. The molecule has 4 aromatic heterocycles. The normalized spacial score (nSPS) is 18.7. The standard InChI is InChI=1S/C34H44N12O6/c1-6-36-29(49)25-18(4)24(48)31(52-25)46-17-38-22-26(35)40-32(41-27(22)46)37-16-15-20-11-9-19(10-12-20)13-14-21(47)39-33-42-28-23(43(33)5)30(50)45(8-3)34(51)44(28)7-2/h9-12,17-18,24-25,31,48H,6-8,13-16H2,1-5H3,(H,36,49)(H,39,42,47)(H3,35,37,40,41)/t18-,24+,25+,31+/m0/s1. The van der Waals surface area contributed by atoms with Gasteiger partial charge in [0, 0.05) is 45.6 Å². The van der Waals surface area contributed by atoms with Gasteiger partial charge in [-0.25, -0.2) is 9.78 Å². The fourth-order valence-electron chi connectivity index (χ4n) is 6.48. The number of imidazole rings is 2. The molecule has 0 unspecified atom stereocenters. The highest BCUT2D eigenvalue weighted by Gasteiger charge is 2.46. The number of likely N-dealkylation sites (N-methyl/N-ethyl adjacent to an activating group) is 1. The van der Waals surface area contributed by atoms with E-state index in [2.05, 4.69) is 35.9 Å². The van der Waals surface area contributed by atoms with Crippen LogP contribution in [0, 0.1) is 5.92 Å². The maximum Gasteiger partial charge on any atom is 0.332 e. The Morgan fingerprint density at radius 1 is 0.981 bits per heavy atom. The third-order valence-corrected chi connectivity index (χ3v) is 9.41. The van der Waals surface area contributed by atoms with E-state index in [1.165, 1.54) is 15.5 Å². The Balaban J connectivity index is 1.05. The van der Waals surface area contributed by atoms with Crippen molar-refractivity contribution < 1.29 is 19.4 Å². The highest BCUT2D eigenvalue weighted by atomic mass is 16.5. The Hall–Kier alpha value is -5.62. The summed E-state index contributed by atoms with van der Waals surface area (Å²) in [6.07, 6.45) is 0.122. The van der Waals surface area contributed by atoms with E-state index in [0.717, 1.165) is 15.7 Å². The molecule has 0 radical (unpaired) electrons. The number of aliphatic hydroxyl groups excluding tert-OH is 1. The third kappa shape index (κ3) is 6.73. The molecule has 1 aliphatic rings. The fourth-order valence-corrected chi connectivity index (χ4v) is 6.48. The van der Waals surface area contributed by atoms with Gasteiger partial charge in [-0.15, -0.1) is 0 Å². The number of nitrogens with zero attached hydrogens (tertiary/aromatic N) is 8. The van der Waals surface area contributed by atoms with Gasteiger partial charge in [-0.05, 0) is 44.7 Å². The maximum atomic E-state index is 12.9. The second kappa shape index (κ2) is 14.9. The monoisotopic (exact) mass is 716 g/mol. The highest BCUT2D eigenvalue weighted by Crippen LogP contribution is 2.36. The lowest BCUT2D eigenvalue weighted by atomic mass is 10.00. The number of fused-ring (bicyclic) bond motifs is 2. The number of hydrogen-bond donors (Lipinski definition) is 5. The lowest BCUT2D eigenvalue weighted by molar-refractivity contribution is -0.135. The number of ether oxygens (including phenoxy) is 1. The predicted octanol–water partition coefficient (Wildman–Crippen LogP) is 0.915. The van der Waals surface area contributed by atoms with E-state index in [-0.39, 0.29) is 53.7 Å². The van der Waals surface area contributed by atoms with Crippen LogP contribution in [-0.2, 0) is 47.3 Å². The number of carbonyl (C=O) groups is 2. The molecule has 0 spiro atoms. The van der Waals surface area contributed by atoms with Crippen LogP contribution >= 0.6 is 0 Å². The Morgan fingerprint density at radius 3 is 2.35 bits per heavy atom. The summed E-state index contributed by atoms with van der Waals surface area (Å²) in [4.78, 5) is 68.7. The van der Waals surface area contributed by atoms with Crippen LogP contribution in [0.25, 0.3) is 22.3 Å². The summed E-state index contributed by atoms with van der Waals surface area (Å²) in [5, 5.41) is 19.6. The number of hydrogen-bond acceptors (Lipinski definition) is 12. The van der Waals surface area contributed by atoms with Crippen LogP contribution in [0.3, 0.4) is 0 Å². The van der Waals surface area contributed by atoms with Crippen LogP contribution < -0.4 is 32.9 Å². The number of carbonyl (C=O) groups excluding carboxylic acids is 2. The SMILES string of the molecule is CCNC(=O)[C@@H]1O[C@@H](n2cnc3c(N)nc(NCCc4ccc(CCC(=O)Nc5nc6c(c(=O)n(CC)c(=O)n6CC)n5C)cc4)nc32)[C@H](O)[C@@H]1C. The molecule has 18 nitrogen and oxygen atoms in total. The molecule has 5 aromatic rings. The molecule has 1 aromatic carbocycles. The Bertz CT molecular complexity index is 2240. The molecule has 1 fully saturated rings. The molecule has 4 atom stereocenters. The van der Waals surface area contributed by atoms with Crippen molar-refractivity contribution in [2.75, 3.05) is 29.5 Å². The molecule has 0 saturated carbocycles. The number of amides is 2. The van der Waals surface area contributed by atoms with E-state index in [1.807, 2.05) is 31.2 Å². The second-order valence-corrected chi connectivity index (χ2v) is 12.7. The van der Waals surface area contributed by atoms with Crippen LogP contribution in [0.15, 0.2) is 40.2 Å². The molecule has 5 heterocycles. The zero-order valence-corrected chi connectivity index (χ0v) is 29.8. The third-order valence-electron chi connectivity index (χ3n) is 9.41. The zero-order chi connectivity index (χ0) is 37.3. The van der Waals surface area contributed by atoms with E-state index in [9.17, 15) is 24.3 Å². The summed E-state index contributed by atoms with van der Waals surface area (Å²) in [7, 11) is 1.64. The van der Waals surface area contributed by atoms with Gasteiger partial charge in [0.05, 0.1) is 6.33 Å². The predicted molar refractivity (Wildman–Crippen MR) is 194 cm³/mol. The molecule has 52 heavy (non-hydrogen) atoms. The molecule has 0 bridgehead atoms. The van der Waals surface area contributed by atoms with Gasteiger partial charge < -0.3 is 30.8 Å². The van der Waals surface area contributed by atoms with E-state index in [4.69, 9.17) is 10.5 Å². The molecule has 276 valence electrons. The number of anilines is 3. The van der Waals surface area contributed by atoms with E-state index in [0.29, 0.717) is 43.6 Å². The van der Waals surface area contributed by atoms with Crippen molar-refractivity contribution in [2.45, 2.75) is 78.5 Å². The number of nitrogen functional groups attached to an aromatic ring is 1. The van der Waals surface area contributed by atoms with Gasteiger partial charge in [-0.3, -0.25) is 33.4 Å². The Kier molecular flexibility index (Phi) is 10.4. The van der Waals surface area contributed by atoms with Gasteiger partial charge in [0.25, 0.3) is 5.56 Å². The summed E-state index contributed by atoms with van der Waals surface area (Å²) < 4.78 is 11.6. The van der Waals surface area contributed by atoms with Crippen molar-refractivity contribution in [3.8, 4) is 0 Å². The molecule has 6 N–H and O–H groups in total. The number of nitrogens with one attached hydrogen (secondary N) is 3. The van der Waals surface area contributed by atoms with Crippen LogP contribution in [0.5, 0.6) is 0 Å². The first-order valence-electron chi connectivity index (χ1n) is 17.4. The van der Waals surface area contributed by atoms with Crippen molar-refractivity contribution in [3.63, 3.8) is 0 Å². The van der Waals surface area contributed by atoms with E-state index in [1.54, 1.807) is 32.4 Å². The summed E-state index contributed by atoms with van der Waals surface area (Å²) in [5.74, 6) is -0.359. The number of aromatic nitrogens is 8. The van der Waals surface area contributed by atoms with Gasteiger partial charge in [0.2, 0.25) is 23.7 Å². The van der Waals surface area contributed by atoms with Crippen LogP contribution in [0.4, 0.5) is 17.7 Å². The lowest BCUT2D eigenvalue weighted by Gasteiger charge is -2.17. The average molecular weight is 717 g/mol. The number of aliphatic hydroxyl groups is 1. The number of rotatable bonds is 13. The Morgan fingerprint density at radius 2 is 1.67 bits per heavy atom. The molecular formula is C34H44N12O6. The lowest BCUT2D eigenvalue weighted by Crippen LogP contribution is -2.39. The number of benzene rings is 1. The quantitative estimate of drug-likeness (QED) is 0.115. The van der Waals surface area contributed by atoms with Gasteiger partial charge >= 0.3 is 5.69 Å². The largest absolute Gasteiger partial charge is 0.388 e. The van der Waals surface area contributed by atoms with Gasteiger partial charge in [-0.2, -0.15) is 15.0 Å². The fraction of sp³-hybridized carbons (Fsp3) is 0.471. The zero-order valence-electron chi connectivity index (χ0n) is 29.8. The van der Waals surface area contributed by atoms with Crippen molar-refractivity contribution in [1.82, 2.24) is 43.5 Å². The highest BCUT2D eigenvalue weighted by molar-refractivity contribution is 5.91. The first kappa shape index (κ1) is 36.2. The number of nitrogens with two attached hydrogens (primary N) is 1. The first-order valence-corrected chi connectivity index (χ1v) is 17.4. The van der Waals surface area contributed by atoms with E-state index < -0.39 is 35.6 Å². The molecular weight excluding hydrogens is 672 g/mol. The number of aryl methyl sites for hydroxylation is 3. The van der Waals surface area contributed by atoms with Gasteiger partial charge in [0.15, 0.2) is 28.9 Å². The first-order chi connectivity index (χ1) is 25.0. The summed E-state index contributed by atoms with van der Waals surface area (Å²) >= 11 is 0. The van der Waals surface area contributed by atoms with Crippen molar-refractivity contribution >= 4 is 51.9 Å². The molecule has 1 aliphatic heterocycles. The molecule has 18 heteroatoms. The minimum absolute atomic E-state index is 0.164. The van der Waals surface area contributed by atoms with Crippen molar-refractivity contribution in [2.24, 2.45) is 13.0 Å². The summed E-state index contributed by atoms with van der Waals surface area (Å²) in [6.45, 7) is 8.62. The molecule has 0 aliphatic carbocycles.